The van der Waals surface area contributed by atoms with Gasteiger partial charge in [-0.3, -0.25) is 4.79 Å². The smallest absolute Gasteiger partial charge is 0.329 e. The molecule has 1 amide bonds. The summed E-state index contributed by atoms with van der Waals surface area (Å²) in [7, 11) is -2.81. The first-order valence-corrected chi connectivity index (χ1v) is 7.98. The van der Waals surface area contributed by atoms with Crippen molar-refractivity contribution in [1.82, 2.24) is 9.21 Å². The Labute approximate surface area is 133 Å². The molecule has 1 aromatic rings. The van der Waals surface area contributed by atoms with Crippen molar-refractivity contribution in [2.24, 2.45) is 0 Å². The molecular formula is C14H17F3N2O3S. The minimum Gasteiger partial charge on any atom is -0.329 e. The van der Waals surface area contributed by atoms with E-state index in [1.807, 2.05) is 0 Å². The maximum absolute atomic E-state index is 12.5. The molecule has 0 fully saturated rings. The molecule has 0 aliphatic carbocycles. The minimum absolute atomic E-state index is 0.0404. The van der Waals surface area contributed by atoms with Crippen LogP contribution in [0.4, 0.5) is 13.2 Å². The van der Waals surface area contributed by atoms with E-state index in [1.54, 1.807) is 6.07 Å². The number of hydrogen-bond acceptors (Lipinski definition) is 3. The molecule has 0 aromatic heterocycles. The van der Waals surface area contributed by atoms with Crippen molar-refractivity contribution in [3.63, 3.8) is 0 Å². The Morgan fingerprint density at radius 3 is 2.30 bits per heavy atom. The van der Waals surface area contributed by atoms with Crippen LogP contribution >= 0.6 is 0 Å². The summed E-state index contributed by atoms with van der Waals surface area (Å²) in [4.78, 5) is 12.4. The molecular weight excluding hydrogens is 333 g/mol. The summed E-state index contributed by atoms with van der Waals surface area (Å²) in [5.41, 5.74) is 0. The fourth-order valence-electron chi connectivity index (χ4n) is 1.77. The number of likely N-dealkylation sites (N-methyl/N-ethyl adjacent to an activating group) is 1. The van der Waals surface area contributed by atoms with E-state index in [4.69, 9.17) is 0 Å². The number of halogens is 3. The molecule has 23 heavy (non-hydrogen) atoms. The average molecular weight is 350 g/mol. The van der Waals surface area contributed by atoms with Crippen LogP contribution in [0.1, 0.15) is 0 Å². The highest BCUT2D eigenvalue weighted by Crippen LogP contribution is 2.18. The Morgan fingerprint density at radius 2 is 1.83 bits per heavy atom. The molecule has 0 N–H and O–H groups in total. The Balaban J connectivity index is 2.87. The van der Waals surface area contributed by atoms with Crippen molar-refractivity contribution in [1.29, 1.82) is 0 Å². The van der Waals surface area contributed by atoms with Crippen LogP contribution in [0.15, 0.2) is 47.9 Å². The highest BCUT2D eigenvalue weighted by Gasteiger charge is 2.33. The highest BCUT2D eigenvalue weighted by atomic mass is 32.2. The predicted octanol–water partition coefficient (Wildman–Crippen LogP) is 1.88. The number of hydrogen-bond donors (Lipinski definition) is 0. The van der Waals surface area contributed by atoms with Gasteiger partial charge in [0.05, 0.1) is 11.4 Å². The van der Waals surface area contributed by atoms with E-state index in [1.165, 1.54) is 24.3 Å². The van der Waals surface area contributed by atoms with Gasteiger partial charge in [-0.15, -0.1) is 6.58 Å². The minimum atomic E-state index is -4.57. The first kappa shape index (κ1) is 19.2. The number of alkyl halides is 3. The Hall–Kier alpha value is -1.87. The second-order valence-electron chi connectivity index (χ2n) is 4.75. The summed E-state index contributed by atoms with van der Waals surface area (Å²) in [5, 5.41) is 0. The lowest BCUT2D eigenvalue weighted by atomic mass is 10.4. The van der Waals surface area contributed by atoms with E-state index in [0.717, 1.165) is 17.4 Å². The second-order valence-corrected chi connectivity index (χ2v) is 6.80. The van der Waals surface area contributed by atoms with Gasteiger partial charge in [0, 0.05) is 13.6 Å². The topological polar surface area (TPSA) is 57.7 Å². The first-order valence-electron chi connectivity index (χ1n) is 6.54. The van der Waals surface area contributed by atoms with E-state index in [-0.39, 0.29) is 11.4 Å². The van der Waals surface area contributed by atoms with Crippen LogP contribution in [0.3, 0.4) is 0 Å². The van der Waals surface area contributed by atoms with Crippen LogP contribution < -0.4 is 0 Å². The lowest BCUT2D eigenvalue weighted by molar-refractivity contribution is -0.160. The summed E-state index contributed by atoms with van der Waals surface area (Å²) in [6, 6.07) is 7.33. The third-order valence-corrected chi connectivity index (χ3v) is 4.70. The van der Waals surface area contributed by atoms with Crippen molar-refractivity contribution in [2.75, 3.05) is 26.7 Å². The summed E-state index contributed by atoms with van der Waals surface area (Å²) in [6.07, 6.45) is -3.43. The fourth-order valence-corrected chi connectivity index (χ4v) is 2.92. The molecule has 0 saturated carbocycles. The van der Waals surface area contributed by atoms with Gasteiger partial charge in [-0.2, -0.15) is 17.5 Å². The molecule has 9 heteroatoms. The number of sulfonamides is 1. The zero-order valence-electron chi connectivity index (χ0n) is 12.5. The van der Waals surface area contributed by atoms with Crippen molar-refractivity contribution >= 4 is 15.9 Å². The Bertz CT molecular complexity index is 645. The monoisotopic (exact) mass is 350 g/mol. The zero-order valence-corrected chi connectivity index (χ0v) is 13.3. The summed E-state index contributed by atoms with van der Waals surface area (Å²) >= 11 is 0. The molecule has 5 nitrogen and oxygen atoms in total. The molecule has 0 saturated heterocycles. The molecule has 0 spiro atoms. The molecule has 0 bridgehead atoms. The van der Waals surface area contributed by atoms with Gasteiger partial charge >= 0.3 is 6.18 Å². The number of nitrogens with zero attached hydrogens (tertiary/aromatic N) is 2. The normalized spacial score (nSPS) is 12.2. The van der Waals surface area contributed by atoms with Gasteiger partial charge in [-0.25, -0.2) is 8.42 Å². The molecule has 0 radical (unpaired) electrons. The third kappa shape index (κ3) is 5.68. The van der Waals surface area contributed by atoms with Gasteiger partial charge in [0.15, 0.2) is 0 Å². The van der Waals surface area contributed by atoms with Crippen LogP contribution in [0.25, 0.3) is 0 Å². The molecule has 1 aromatic carbocycles. The lowest BCUT2D eigenvalue weighted by Crippen LogP contribution is -2.45. The maximum atomic E-state index is 12.5. The van der Waals surface area contributed by atoms with E-state index >= 15 is 0 Å². The van der Waals surface area contributed by atoms with Crippen molar-refractivity contribution < 1.29 is 26.4 Å². The first-order chi connectivity index (χ1) is 10.6. The van der Waals surface area contributed by atoms with Gasteiger partial charge in [-0.1, -0.05) is 24.3 Å². The van der Waals surface area contributed by atoms with Gasteiger partial charge in [0.2, 0.25) is 15.9 Å². The Kier molecular flexibility index (Phi) is 6.34. The van der Waals surface area contributed by atoms with Crippen molar-refractivity contribution in [3.8, 4) is 0 Å². The summed E-state index contributed by atoms with van der Waals surface area (Å²) in [6.45, 7) is 0.819. The average Bonchev–Trinajstić information content (AvgIpc) is 2.46. The predicted molar refractivity (Wildman–Crippen MR) is 79.1 cm³/mol. The molecule has 0 aliphatic rings. The number of carbonyl (C=O) groups is 1. The van der Waals surface area contributed by atoms with E-state index < -0.39 is 35.2 Å². The van der Waals surface area contributed by atoms with Crippen molar-refractivity contribution in [3.05, 3.63) is 43.0 Å². The number of rotatable bonds is 7. The van der Waals surface area contributed by atoms with Crippen molar-refractivity contribution in [2.45, 2.75) is 11.1 Å². The molecule has 0 unspecified atom stereocenters. The quantitative estimate of drug-likeness (QED) is 0.706. The Morgan fingerprint density at radius 1 is 1.26 bits per heavy atom. The zero-order chi connectivity index (χ0) is 17.7. The fraction of sp³-hybridized carbons (Fsp3) is 0.357. The summed E-state index contributed by atoms with van der Waals surface area (Å²) in [5.74, 6) is -0.954. The van der Waals surface area contributed by atoms with E-state index in [9.17, 15) is 26.4 Å². The van der Waals surface area contributed by atoms with Gasteiger partial charge in [0.1, 0.15) is 6.54 Å². The van der Waals surface area contributed by atoms with Gasteiger partial charge in [0.25, 0.3) is 0 Å². The standard InChI is InChI=1S/C14H17F3N2O3S/c1-3-9-19(11-14(15,16)17)13(20)10-18(2)23(21,22)12-7-5-4-6-8-12/h3-8H,1,9-11H2,2H3. The van der Waals surface area contributed by atoms with Crippen LogP contribution in [-0.4, -0.2) is 56.4 Å². The highest BCUT2D eigenvalue weighted by molar-refractivity contribution is 7.89. The molecule has 128 valence electrons. The van der Waals surface area contributed by atoms with E-state index in [0.29, 0.717) is 4.90 Å². The van der Waals surface area contributed by atoms with Gasteiger partial charge < -0.3 is 4.90 Å². The van der Waals surface area contributed by atoms with Gasteiger partial charge in [-0.05, 0) is 12.1 Å². The van der Waals surface area contributed by atoms with Crippen LogP contribution in [0.2, 0.25) is 0 Å². The maximum Gasteiger partial charge on any atom is 0.406 e. The SMILES string of the molecule is C=CCN(CC(F)(F)F)C(=O)CN(C)S(=O)(=O)c1ccccc1. The molecule has 0 heterocycles. The number of amides is 1. The summed E-state index contributed by atoms with van der Waals surface area (Å²) < 4.78 is 62.6. The molecule has 0 aliphatic heterocycles. The lowest BCUT2D eigenvalue weighted by Gasteiger charge is -2.25. The molecule has 0 atom stereocenters. The number of benzene rings is 1. The third-order valence-electron chi connectivity index (χ3n) is 2.88. The largest absolute Gasteiger partial charge is 0.406 e. The van der Waals surface area contributed by atoms with Crippen LogP contribution in [0.5, 0.6) is 0 Å². The second kappa shape index (κ2) is 7.60. The van der Waals surface area contributed by atoms with Crippen LogP contribution in [-0.2, 0) is 14.8 Å². The van der Waals surface area contributed by atoms with E-state index in [2.05, 4.69) is 6.58 Å². The number of carbonyl (C=O) groups excluding carboxylic acids is 1. The van der Waals surface area contributed by atoms with Crippen LogP contribution in [0, 0.1) is 0 Å². The molecule has 1 rings (SSSR count).